The van der Waals surface area contributed by atoms with Gasteiger partial charge in [-0.3, -0.25) is 10.1 Å². The summed E-state index contributed by atoms with van der Waals surface area (Å²) in [5.74, 6) is -0.759. The molecule has 2 N–H and O–H groups in total. The summed E-state index contributed by atoms with van der Waals surface area (Å²) in [6, 6.07) is 10.5. The Kier molecular flexibility index (Phi) is 11.6. The topological polar surface area (TPSA) is 133 Å². The molecule has 15 heteroatoms. The van der Waals surface area contributed by atoms with Gasteiger partial charge in [0.05, 0.1) is 21.3 Å². The Bertz CT molecular complexity index is 1520. The zero-order valence-corrected chi connectivity index (χ0v) is 27.8. The highest BCUT2D eigenvalue weighted by Crippen LogP contribution is 2.25. The van der Waals surface area contributed by atoms with Crippen molar-refractivity contribution in [2.75, 3.05) is 45.2 Å². The molecule has 1 atom stereocenters. The van der Waals surface area contributed by atoms with Crippen LogP contribution in [0, 0.1) is 5.82 Å². The number of carbonyl (C=O) groups is 4. The Morgan fingerprint density at radius 1 is 1.07 bits per heavy atom. The molecule has 1 aliphatic heterocycles. The summed E-state index contributed by atoms with van der Waals surface area (Å²) in [4.78, 5) is 60.2. The number of likely N-dealkylation sites (N-methyl/N-ethyl adjacent to an activating group) is 1. The lowest BCUT2D eigenvalue weighted by molar-refractivity contribution is -0.133. The van der Waals surface area contributed by atoms with Crippen LogP contribution < -0.4 is 10.6 Å². The molecule has 0 saturated carbocycles. The first-order chi connectivity index (χ1) is 21.8. The second-order valence-corrected chi connectivity index (χ2v) is 13.1. The first-order valence-corrected chi connectivity index (χ1v) is 16.0. The molecule has 1 unspecified atom stereocenters. The highest BCUT2D eigenvalue weighted by atomic mass is 35.5. The summed E-state index contributed by atoms with van der Waals surface area (Å²) in [5.41, 5.74) is 0.516. The van der Waals surface area contributed by atoms with Gasteiger partial charge in [-0.15, -0.1) is 0 Å². The van der Waals surface area contributed by atoms with Gasteiger partial charge in [-0.1, -0.05) is 47.2 Å². The molecule has 5 amide bonds. The zero-order valence-electron chi connectivity index (χ0n) is 26.2. The number of benzene rings is 2. The summed E-state index contributed by atoms with van der Waals surface area (Å²) in [7, 11) is 1.52. The molecule has 12 nitrogen and oxygen atoms in total. The Morgan fingerprint density at radius 2 is 1.76 bits per heavy atom. The fraction of sp³-hybridized carbons (Fsp3) is 0.452. The fourth-order valence-corrected chi connectivity index (χ4v) is 5.71. The van der Waals surface area contributed by atoms with E-state index in [0.29, 0.717) is 36.9 Å². The van der Waals surface area contributed by atoms with Crippen LogP contribution in [0.5, 0.6) is 0 Å². The fourth-order valence-electron chi connectivity index (χ4n) is 4.67. The van der Waals surface area contributed by atoms with Crippen molar-refractivity contribution in [3.63, 3.8) is 0 Å². The molecule has 0 aliphatic carbocycles. The number of thiazole rings is 1. The number of amides is 5. The average molecular weight is 677 g/mol. The number of hydrogen-bond acceptors (Lipinski definition) is 8. The first-order valence-electron chi connectivity index (χ1n) is 14.8. The Labute approximate surface area is 275 Å². The van der Waals surface area contributed by atoms with Gasteiger partial charge in [-0.25, -0.2) is 23.8 Å². The molecule has 1 saturated heterocycles. The van der Waals surface area contributed by atoms with E-state index in [9.17, 15) is 23.6 Å². The second kappa shape index (κ2) is 15.4. The minimum absolute atomic E-state index is 0.0354. The molecule has 248 valence electrons. The quantitative estimate of drug-likeness (QED) is 0.297. The minimum atomic E-state index is -0.756. The number of nitrogens with zero attached hydrogens (tertiary/aromatic N) is 4. The second-order valence-electron chi connectivity index (χ2n) is 11.7. The number of anilines is 1. The molecule has 0 spiro atoms. The van der Waals surface area contributed by atoms with Crippen molar-refractivity contribution >= 4 is 62.4 Å². The van der Waals surface area contributed by atoms with E-state index in [1.54, 1.807) is 36.6 Å². The van der Waals surface area contributed by atoms with Crippen LogP contribution in [-0.4, -0.2) is 95.3 Å². The van der Waals surface area contributed by atoms with Gasteiger partial charge < -0.3 is 29.5 Å². The SMILES string of the molecule is CN(C(=O)NCc1cccc(F)c1Cl)C(CCC(=O)N1CCN(C(=O)OC(C)(C)C)CC1)COC(=O)Nc1nc2ccccc2s1. The molecule has 1 aromatic heterocycles. The third-order valence-corrected chi connectivity index (χ3v) is 8.59. The number of fused-ring (bicyclic) bond motifs is 1. The number of aromatic nitrogens is 1. The highest BCUT2D eigenvalue weighted by Gasteiger charge is 2.29. The monoisotopic (exact) mass is 676 g/mol. The van der Waals surface area contributed by atoms with Gasteiger partial charge in [0.15, 0.2) is 5.13 Å². The minimum Gasteiger partial charge on any atom is -0.447 e. The van der Waals surface area contributed by atoms with E-state index in [4.69, 9.17) is 21.1 Å². The van der Waals surface area contributed by atoms with Crippen molar-refractivity contribution in [2.45, 2.75) is 51.8 Å². The number of carbonyl (C=O) groups excluding carboxylic acids is 4. The maximum Gasteiger partial charge on any atom is 0.413 e. The van der Waals surface area contributed by atoms with Gasteiger partial charge in [0, 0.05) is 46.2 Å². The number of nitrogens with one attached hydrogen (secondary N) is 2. The van der Waals surface area contributed by atoms with Crippen LogP contribution in [0.2, 0.25) is 5.02 Å². The lowest BCUT2D eigenvalue weighted by Gasteiger charge is -2.36. The molecule has 1 aliphatic rings. The number of para-hydroxylation sites is 1. The van der Waals surface area contributed by atoms with Gasteiger partial charge in [-0.05, 0) is 51.0 Å². The first kappa shape index (κ1) is 34.7. The van der Waals surface area contributed by atoms with E-state index < -0.39 is 35.7 Å². The van der Waals surface area contributed by atoms with Gasteiger partial charge in [0.1, 0.15) is 18.0 Å². The van der Waals surface area contributed by atoms with Crippen molar-refractivity contribution in [3.05, 3.63) is 58.9 Å². The maximum absolute atomic E-state index is 13.9. The molecule has 0 radical (unpaired) electrons. The number of urea groups is 1. The number of piperazine rings is 1. The van der Waals surface area contributed by atoms with E-state index in [0.717, 1.165) is 10.2 Å². The lowest BCUT2D eigenvalue weighted by atomic mass is 10.1. The van der Waals surface area contributed by atoms with Crippen molar-refractivity contribution in [1.29, 1.82) is 0 Å². The maximum atomic E-state index is 13.9. The standard InChI is InChI=1S/C31H38ClFN6O6S/c1-31(2,3)45-30(43)39-16-14-38(15-17-39)25(40)13-12-21(37(4)28(41)34-18-20-8-7-9-22(33)26(20)32)19-44-29(42)36-27-35-23-10-5-6-11-24(23)46-27/h5-11,21H,12-19H2,1-4H3,(H,34,41)(H,35,36,42). The molecule has 1 fully saturated rings. The number of rotatable bonds is 9. The highest BCUT2D eigenvalue weighted by molar-refractivity contribution is 7.22. The van der Waals surface area contributed by atoms with Crippen LogP contribution in [0.15, 0.2) is 42.5 Å². The van der Waals surface area contributed by atoms with Crippen molar-refractivity contribution in [3.8, 4) is 0 Å². The Balaban J connectivity index is 1.35. The Morgan fingerprint density at radius 3 is 2.46 bits per heavy atom. The van der Waals surface area contributed by atoms with Crippen LogP contribution in [0.1, 0.15) is 39.2 Å². The normalized spacial score (nSPS) is 14.0. The smallest absolute Gasteiger partial charge is 0.413 e. The number of ether oxygens (including phenoxy) is 2. The lowest BCUT2D eigenvalue weighted by Crippen LogP contribution is -2.52. The van der Waals surface area contributed by atoms with Crippen LogP contribution in [0.4, 0.5) is 23.9 Å². The van der Waals surface area contributed by atoms with E-state index in [2.05, 4.69) is 15.6 Å². The summed E-state index contributed by atoms with van der Waals surface area (Å²) in [6.07, 6.45) is -0.931. The summed E-state index contributed by atoms with van der Waals surface area (Å²) in [5, 5.41) is 5.59. The number of hydrogen-bond donors (Lipinski definition) is 2. The van der Waals surface area contributed by atoms with E-state index in [-0.39, 0.29) is 36.9 Å². The van der Waals surface area contributed by atoms with Crippen LogP contribution in [0.25, 0.3) is 10.2 Å². The molecular formula is C31H38ClFN6O6S. The van der Waals surface area contributed by atoms with Gasteiger partial charge in [0.2, 0.25) is 5.91 Å². The van der Waals surface area contributed by atoms with Gasteiger partial charge in [-0.2, -0.15) is 0 Å². The van der Waals surface area contributed by atoms with Crippen LogP contribution in [-0.2, 0) is 20.8 Å². The van der Waals surface area contributed by atoms with Crippen molar-refractivity contribution < 1.29 is 33.0 Å². The molecule has 3 aromatic rings. The van der Waals surface area contributed by atoms with Gasteiger partial charge >= 0.3 is 18.2 Å². The molecular weight excluding hydrogens is 639 g/mol. The summed E-state index contributed by atoms with van der Waals surface area (Å²) < 4.78 is 25.7. The molecule has 4 rings (SSSR count). The Hall–Kier alpha value is -4.17. The van der Waals surface area contributed by atoms with Crippen molar-refractivity contribution in [1.82, 2.24) is 25.0 Å². The summed E-state index contributed by atoms with van der Waals surface area (Å²) >= 11 is 7.32. The third-order valence-electron chi connectivity index (χ3n) is 7.21. The molecule has 2 heterocycles. The van der Waals surface area contributed by atoms with Gasteiger partial charge in [0.25, 0.3) is 0 Å². The molecule has 0 bridgehead atoms. The van der Waals surface area contributed by atoms with E-state index in [1.807, 2.05) is 24.3 Å². The van der Waals surface area contributed by atoms with Crippen LogP contribution >= 0.6 is 22.9 Å². The third kappa shape index (κ3) is 9.66. The van der Waals surface area contributed by atoms with E-state index >= 15 is 0 Å². The van der Waals surface area contributed by atoms with Crippen molar-refractivity contribution in [2.24, 2.45) is 0 Å². The average Bonchev–Trinajstić information content (AvgIpc) is 3.42. The zero-order chi connectivity index (χ0) is 33.4. The molecule has 2 aromatic carbocycles. The largest absolute Gasteiger partial charge is 0.447 e. The molecule has 46 heavy (non-hydrogen) atoms. The predicted molar refractivity (Wildman–Crippen MR) is 173 cm³/mol. The van der Waals surface area contributed by atoms with E-state index in [1.165, 1.54) is 35.4 Å². The number of halogens is 2. The van der Waals surface area contributed by atoms with Crippen LogP contribution in [0.3, 0.4) is 0 Å². The predicted octanol–water partition coefficient (Wildman–Crippen LogP) is 5.71. The summed E-state index contributed by atoms with van der Waals surface area (Å²) in [6.45, 7) is 6.50.